The summed E-state index contributed by atoms with van der Waals surface area (Å²) in [5, 5.41) is 17.5. The third kappa shape index (κ3) is 3.46. The lowest BCUT2D eigenvalue weighted by Crippen LogP contribution is -2.20. The molecule has 2 N–H and O–H groups in total. The van der Waals surface area contributed by atoms with Crippen molar-refractivity contribution in [3.63, 3.8) is 0 Å². The molecule has 172 valence electrons. The van der Waals surface area contributed by atoms with Crippen LogP contribution in [0.4, 0.5) is 0 Å². The normalized spacial score (nSPS) is 14.4. The zero-order valence-corrected chi connectivity index (χ0v) is 19.1. The zero-order chi connectivity index (χ0) is 23.4. The molecule has 7 rings (SSSR count). The molecule has 0 amide bonds. The maximum atomic E-state index is 4.89. The topological polar surface area (TPSA) is 117 Å². The summed E-state index contributed by atoms with van der Waals surface area (Å²) in [6, 6.07) is 10.4. The van der Waals surface area contributed by atoms with Crippen molar-refractivity contribution in [2.45, 2.75) is 19.5 Å². The molecule has 8 bridgehead atoms. The largest absolute Gasteiger partial charge is 0.321 e. The van der Waals surface area contributed by atoms with E-state index in [1.807, 2.05) is 35.4 Å². The Kier molecular flexibility index (Phi) is 4.46. The first-order valence-corrected chi connectivity index (χ1v) is 11.6. The smallest absolute Gasteiger partial charge is 0.160 e. The molecule has 35 heavy (non-hydrogen) atoms. The Morgan fingerprint density at radius 2 is 2.00 bits per heavy atom. The van der Waals surface area contributed by atoms with Gasteiger partial charge in [0.15, 0.2) is 11.5 Å². The first kappa shape index (κ1) is 20.0. The van der Waals surface area contributed by atoms with Gasteiger partial charge in [-0.15, -0.1) is 5.10 Å². The van der Waals surface area contributed by atoms with Gasteiger partial charge in [0.05, 0.1) is 11.7 Å². The molecule has 10 nitrogen and oxygen atoms in total. The van der Waals surface area contributed by atoms with Crippen LogP contribution in [0.5, 0.6) is 0 Å². The minimum absolute atomic E-state index is 0.655. The highest BCUT2D eigenvalue weighted by atomic mass is 15.4. The number of fused-ring (bicyclic) bond motifs is 9. The Balaban J connectivity index is 1.43. The van der Waals surface area contributed by atoms with Crippen molar-refractivity contribution < 1.29 is 0 Å². The molecule has 1 aliphatic rings. The van der Waals surface area contributed by atoms with Crippen molar-refractivity contribution in [1.29, 1.82) is 0 Å². The number of benzene rings is 1. The van der Waals surface area contributed by atoms with Gasteiger partial charge in [0.25, 0.3) is 0 Å². The van der Waals surface area contributed by atoms with Crippen LogP contribution in [-0.4, -0.2) is 63.6 Å². The van der Waals surface area contributed by atoms with Gasteiger partial charge in [0.1, 0.15) is 16.9 Å². The van der Waals surface area contributed by atoms with Crippen LogP contribution in [0.15, 0.2) is 55.1 Å². The first-order chi connectivity index (χ1) is 17.2. The van der Waals surface area contributed by atoms with Crippen LogP contribution in [0.2, 0.25) is 0 Å². The molecule has 0 fully saturated rings. The Morgan fingerprint density at radius 1 is 1.03 bits per heavy atom. The van der Waals surface area contributed by atoms with E-state index < -0.39 is 0 Å². The predicted molar refractivity (Wildman–Crippen MR) is 132 cm³/mol. The van der Waals surface area contributed by atoms with E-state index in [9.17, 15) is 0 Å². The summed E-state index contributed by atoms with van der Waals surface area (Å²) in [5.74, 6) is 0.655. The average Bonchev–Trinajstić information content (AvgIpc) is 3.61. The minimum Gasteiger partial charge on any atom is -0.321 e. The number of imidazole rings is 1. The molecule has 0 spiro atoms. The van der Waals surface area contributed by atoms with E-state index >= 15 is 0 Å². The van der Waals surface area contributed by atoms with Crippen LogP contribution in [0.1, 0.15) is 12.0 Å². The Bertz CT molecular complexity index is 1690. The van der Waals surface area contributed by atoms with Gasteiger partial charge in [0.2, 0.25) is 0 Å². The molecule has 6 aromatic rings. The molecule has 0 unspecified atom stereocenters. The fourth-order valence-corrected chi connectivity index (χ4v) is 4.76. The number of rotatable bonds is 0. The van der Waals surface area contributed by atoms with Crippen LogP contribution >= 0.6 is 0 Å². The third-order valence-corrected chi connectivity index (χ3v) is 6.49. The van der Waals surface area contributed by atoms with Crippen molar-refractivity contribution in [2.75, 3.05) is 13.6 Å². The molecule has 0 saturated heterocycles. The minimum atomic E-state index is 0.655. The van der Waals surface area contributed by atoms with Crippen molar-refractivity contribution in [2.24, 2.45) is 0 Å². The number of pyridine rings is 2. The molecule has 0 saturated carbocycles. The van der Waals surface area contributed by atoms with Gasteiger partial charge in [-0.25, -0.2) is 9.97 Å². The van der Waals surface area contributed by atoms with Gasteiger partial charge in [0, 0.05) is 48.2 Å². The SMILES string of the molecule is CN1CCCn2cc(nn2)-c2ccnc3[nH]c(nc23)-c2n[nH]c3ccc(cc23)-c2cncc(c2)C1. The standard InChI is InChI=1S/C25H22N10/c1-34-7-2-8-35-14-21(31-33-35)18-5-6-27-24-22(18)28-25(29-24)23-19-10-16(3-4-20(19)30-32-23)17-9-15(13-34)11-26-12-17/h3-6,9-12,14H,2,7-8,13H2,1H3,(H,30,32)(H,27,28,29). The van der Waals surface area contributed by atoms with E-state index in [-0.39, 0.29) is 0 Å². The third-order valence-electron chi connectivity index (χ3n) is 6.49. The molecule has 6 heterocycles. The highest BCUT2D eigenvalue weighted by Crippen LogP contribution is 2.32. The Hall–Kier alpha value is -4.44. The second kappa shape index (κ2) is 7.81. The van der Waals surface area contributed by atoms with Crippen LogP contribution in [0.25, 0.3) is 56.0 Å². The molecular weight excluding hydrogens is 440 g/mol. The Morgan fingerprint density at radius 3 is 2.97 bits per heavy atom. The molecule has 0 aliphatic carbocycles. The fourth-order valence-electron chi connectivity index (χ4n) is 4.76. The predicted octanol–water partition coefficient (Wildman–Crippen LogP) is 3.66. The number of nitrogens with one attached hydrogen (secondary N) is 2. The second-order valence-electron chi connectivity index (χ2n) is 9.01. The van der Waals surface area contributed by atoms with E-state index in [1.54, 1.807) is 6.20 Å². The summed E-state index contributed by atoms with van der Waals surface area (Å²) in [6.07, 6.45) is 8.54. The number of aromatic nitrogens is 9. The molecule has 0 radical (unpaired) electrons. The molecule has 1 aliphatic heterocycles. The quantitative estimate of drug-likeness (QED) is 0.354. The van der Waals surface area contributed by atoms with E-state index in [2.05, 4.69) is 65.6 Å². The first-order valence-electron chi connectivity index (χ1n) is 11.6. The molecule has 1 aromatic carbocycles. The highest BCUT2D eigenvalue weighted by Gasteiger charge is 2.18. The van der Waals surface area contributed by atoms with E-state index in [1.165, 1.54) is 5.56 Å². The van der Waals surface area contributed by atoms with Gasteiger partial charge >= 0.3 is 0 Å². The molecular formula is C25H22N10. The number of hydrogen-bond acceptors (Lipinski definition) is 7. The summed E-state index contributed by atoms with van der Waals surface area (Å²) < 4.78 is 1.89. The lowest BCUT2D eigenvalue weighted by Gasteiger charge is -2.17. The van der Waals surface area contributed by atoms with E-state index in [4.69, 9.17) is 4.98 Å². The number of nitrogens with zero attached hydrogens (tertiary/aromatic N) is 8. The van der Waals surface area contributed by atoms with Crippen molar-refractivity contribution >= 4 is 22.1 Å². The van der Waals surface area contributed by atoms with Crippen LogP contribution in [0, 0.1) is 0 Å². The molecule has 10 heteroatoms. The summed E-state index contributed by atoms with van der Waals surface area (Å²) in [5.41, 5.74) is 8.12. The average molecular weight is 463 g/mol. The molecule has 5 aromatic heterocycles. The summed E-state index contributed by atoms with van der Waals surface area (Å²) in [6.45, 7) is 2.55. The van der Waals surface area contributed by atoms with Gasteiger partial charge < -0.3 is 9.88 Å². The monoisotopic (exact) mass is 462 g/mol. The zero-order valence-electron chi connectivity index (χ0n) is 19.1. The van der Waals surface area contributed by atoms with Gasteiger partial charge in [-0.05, 0) is 55.4 Å². The van der Waals surface area contributed by atoms with Crippen molar-refractivity contribution in [3.8, 4) is 33.9 Å². The lowest BCUT2D eigenvalue weighted by molar-refractivity contribution is 0.310. The number of aromatic amines is 2. The Labute approximate surface area is 200 Å². The van der Waals surface area contributed by atoms with Crippen molar-refractivity contribution in [1.82, 2.24) is 50.0 Å². The number of H-pyrrole nitrogens is 2. The van der Waals surface area contributed by atoms with E-state index in [0.29, 0.717) is 11.5 Å². The summed E-state index contributed by atoms with van der Waals surface area (Å²) >= 11 is 0. The maximum absolute atomic E-state index is 4.89. The summed E-state index contributed by atoms with van der Waals surface area (Å²) in [7, 11) is 2.13. The van der Waals surface area contributed by atoms with E-state index in [0.717, 1.165) is 70.6 Å². The number of hydrogen-bond donors (Lipinski definition) is 2. The molecule has 0 atom stereocenters. The van der Waals surface area contributed by atoms with Gasteiger partial charge in [-0.1, -0.05) is 11.3 Å². The summed E-state index contributed by atoms with van der Waals surface area (Å²) in [4.78, 5) is 19.6. The second-order valence-corrected chi connectivity index (χ2v) is 9.01. The fraction of sp³-hybridized carbons (Fsp3) is 0.200. The number of aryl methyl sites for hydroxylation is 1. The maximum Gasteiger partial charge on any atom is 0.160 e. The van der Waals surface area contributed by atoms with Crippen LogP contribution in [0.3, 0.4) is 0 Å². The van der Waals surface area contributed by atoms with Crippen molar-refractivity contribution in [3.05, 3.63) is 60.7 Å². The highest BCUT2D eigenvalue weighted by molar-refractivity contribution is 5.97. The van der Waals surface area contributed by atoms with Gasteiger partial charge in [-0.3, -0.25) is 14.8 Å². The lowest BCUT2D eigenvalue weighted by atomic mass is 10.0. The van der Waals surface area contributed by atoms with Crippen LogP contribution < -0.4 is 0 Å². The van der Waals surface area contributed by atoms with Gasteiger partial charge in [-0.2, -0.15) is 5.10 Å². The van der Waals surface area contributed by atoms with Crippen LogP contribution in [-0.2, 0) is 13.1 Å².